The van der Waals surface area contributed by atoms with Crippen LogP contribution in [-0.2, 0) is 0 Å². The zero-order chi connectivity index (χ0) is 25.5. The lowest BCUT2D eigenvalue weighted by atomic mass is 10.4. The molecule has 4 aromatic carbocycles. The number of nitrogens with zero attached hydrogens (tertiary/aromatic N) is 2. The first kappa shape index (κ1) is 25.0. The van der Waals surface area contributed by atoms with Crippen LogP contribution in [0.1, 0.15) is 0 Å². The average molecular weight is 523 g/mol. The summed E-state index contributed by atoms with van der Waals surface area (Å²) in [5, 5.41) is 4.50. The van der Waals surface area contributed by atoms with Gasteiger partial charge in [0.1, 0.15) is 0 Å². The Labute approximate surface area is 221 Å². The van der Waals surface area contributed by atoms with Crippen molar-refractivity contribution in [2.45, 2.75) is 0 Å². The molecule has 184 valence electrons. The Morgan fingerprint density at radius 1 is 0.486 bits per heavy atom. The van der Waals surface area contributed by atoms with Gasteiger partial charge in [0.05, 0.1) is 0 Å². The molecule has 37 heavy (non-hydrogen) atoms. The fraction of sp³-hybridized carbons (Fsp3) is 0.0645. The molecular weight excluding hydrogens is 494 g/mol. The fourth-order valence-electron chi connectivity index (χ4n) is 3.77. The molecule has 0 saturated heterocycles. The predicted molar refractivity (Wildman–Crippen MR) is 158 cm³/mol. The van der Waals surface area contributed by atoms with Gasteiger partial charge in [0.2, 0.25) is 11.8 Å². The van der Waals surface area contributed by atoms with Crippen molar-refractivity contribution >= 4 is 43.2 Å². The minimum atomic E-state index is -1.11. The van der Waals surface area contributed by atoms with E-state index in [-0.39, 0.29) is 0 Å². The standard InChI is InChI=1S/C31H28N2O2P2/c1-33(2)25-23-30(34-36(26-15-7-3-8-16-26)27-17-9-4-10-18-27)32-31(24-25)35-37(28-19-11-5-12-20-28)29-21-13-6-14-22-29/h3-24H,1-2H3. The average Bonchev–Trinajstić information content (AvgIpc) is 2.96. The molecule has 0 N–H and O–H groups in total. The third-order valence-electron chi connectivity index (χ3n) is 5.61. The summed E-state index contributed by atoms with van der Waals surface area (Å²) in [6.07, 6.45) is 0. The first-order valence-electron chi connectivity index (χ1n) is 12.0. The SMILES string of the molecule is CN(C)c1cc(OP(c2ccccc2)c2ccccc2)nc(OP(c2ccccc2)c2ccccc2)c1. The number of aromatic nitrogens is 1. The molecule has 0 unspecified atom stereocenters. The summed E-state index contributed by atoms with van der Waals surface area (Å²) in [4.78, 5) is 6.90. The molecule has 4 nitrogen and oxygen atoms in total. The summed E-state index contributed by atoms with van der Waals surface area (Å²) in [5.74, 6) is 1.08. The maximum absolute atomic E-state index is 6.67. The number of hydrogen-bond donors (Lipinski definition) is 0. The van der Waals surface area contributed by atoms with E-state index in [0.29, 0.717) is 11.8 Å². The lowest BCUT2D eigenvalue weighted by Gasteiger charge is -2.23. The van der Waals surface area contributed by atoms with E-state index in [1.54, 1.807) is 0 Å². The maximum Gasteiger partial charge on any atom is 0.222 e. The predicted octanol–water partition coefficient (Wildman–Crippen LogP) is 6.00. The van der Waals surface area contributed by atoms with Crippen molar-refractivity contribution in [3.8, 4) is 11.8 Å². The molecule has 5 aromatic rings. The maximum atomic E-state index is 6.67. The second-order valence-corrected chi connectivity index (χ2v) is 12.1. The molecule has 0 spiro atoms. The summed E-state index contributed by atoms with van der Waals surface area (Å²) < 4.78 is 13.3. The number of anilines is 1. The Balaban J connectivity index is 1.53. The van der Waals surface area contributed by atoms with Gasteiger partial charge >= 0.3 is 0 Å². The van der Waals surface area contributed by atoms with Gasteiger partial charge < -0.3 is 13.9 Å². The van der Waals surface area contributed by atoms with E-state index in [1.807, 2.05) is 104 Å². The molecule has 0 radical (unpaired) electrons. The highest BCUT2D eigenvalue weighted by Crippen LogP contribution is 2.41. The van der Waals surface area contributed by atoms with Crippen LogP contribution in [-0.4, -0.2) is 19.1 Å². The van der Waals surface area contributed by atoms with Crippen molar-refractivity contribution in [2.75, 3.05) is 19.0 Å². The number of pyridine rings is 1. The Bertz CT molecular complexity index is 1220. The summed E-state index contributed by atoms with van der Waals surface area (Å²) in [6, 6.07) is 45.2. The number of benzene rings is 4. The van der Waals surface area contributed by atoms with Gasteiger partial charge in [-0.05, 0) is 0 Å². The first-order chi connectivity index (χ1) is 18.2. The van der Waals surface area contributed by atoms with Crippen LogP contribution in [0.3, 0.4) is 0 Å². The first-order valence-corrected chi connectivity index (χ1v) is 14.5. The molecular formula is C31H28N2O2P2. The van der Waals surface area contributed by atoms with Crippen LogP contribution in [0.25, 0.3) is 0 Å². The third-order valence-corrected chi connectivity index (χ3v) is 9.42. The van der Waals surface area contributed by atoms with E-state index in [4.69, 9.17) is 14.0 Å². The molecule has 0 aliphatic rings. The lowest BCUT2D eigenvalue weighted by molar-refractivity contribution is 0.554. The molecule has 0 aliphatic carbocycles. The quantitative estimate of drug-likeness (QED) is 0.223. The lowest BCUT2D eigenvalue weighted by Crippen LogP contribution is -2.17. The smallest absolute Gasteiger partial charge is 0.222 e. The van der Waals surface area contributed by atoms with E-state index >= 15 is 0 Å². The second kappa shape index (κ2) is 12.0. The monoisotopic (exact) mass is 522 g/mol. The van der Waals surface area contributed by atoms with Crippen molar-refractivity contribution in [3.63, 3.8) is 0 Å². The van der Waals surface area contributed by atoms with Crippen molar-refractivity contribution in [1.82, 2.24) is 4.98 Å². The normalized spacial score (nSPS) is 10.9. The van der Waals surface area contributed by atoms with Crippen molar-refractivity contribution in [3.05, 3.63) is 133 Å². The van der Waals surface area contributed by atoms with Gasteiger partial charge in [-0.25, -0.2) is 0 Å². The third kappa shape index (κ3) is 6.35. The molecule has 0 amide bonds. The number of rotatable bonds is 9. The largest absolute Gasteiger partial charge is 0.447 e. The van der Waals surface area contributed by atoms with Gasteiger partial charge in [-0.3, -0.25) is 0 Å². The molecule has 0 saturated carbocycles. The number of hydrogen-bond acceptors (Lipinski definition) is 4. The second-order valence-electron chi connectivity index (χ2n) is 8.51. The van der Waals surface area contributed by atoms with Gasteiger partial charge in [0.15, 0.2) is 16.3 Å². The zero-order valence-corrected chi connectivity index (χ0v) is 22.6. The van der Waals surface area contributed by atoms with E-state index in [0.717, 1.165) is 26.9 Å². The molecule has 5 rings (SSSR count). The summed E-state index contributed by atoms with van der Waals surface area (Å²) in [5.41, 5.74) is 0.965. The minimum Gasteiger partial charge on any atom is -0.447 e. The van der Waals surface area contributed by atoms with Gasteiger partial charge in [-0.15, -0.1) is 0 Å². The molecule has 0 atom stereocenters. The van der Waals surface area contributed by atoms with Crippen LogP contribution in [0.2, 0.25) is 0 Å². The van der Waals surface area contributed by atoms with Gasteiger partial charge in [0, 0.05) is 53.1 Å². The Kier molecular flexibility index (Phi) is 8.11. The van der Waals surface area contributed by atoms with Crippen molar-refractivity contribution in [1.29, 1.82) is 0 Å². The highest BCUT2D eigenvalue weighted by Gasteiger charge is 2.21. The van der Waals surface area contributed by atoms with Crippen LogP contribution in [0.5, 0.6) is 11.8 Å². The van der Waals surface area contributed by atoms with Gasteiger partial charge in [-0.1, -0.05) is 121 Å². The minimum absolute atomic E-state index is 0.538. The van der Waals surface area contributed by atoms with Crippen LogP contribution in [0.15, 0.2) is 133 Å². The summed E-state index contributed by atoms with van der Waals surface area (Å²) in [7, 11) is 1.80. The van der Waals surface area contributed by atoms with E-state index < -0.39 is 16.3 Å². The van der Waals surface area contributed by atoms with Gasteiger partial charge in [0.25, 0.3) is 0 Å². The topological polar surface area (TPSA) is 34.6 Å². The Morgan fingerprint density at radius 2 is 0.784 bits per heavy atom. The zero-order valence-electron chi connectivity index (χ0n) is 20.8. The van der Waals surface area contributed by atoms with E-state index in [1.165, 1.54) is 0 Å². The summed E-state index contributed by atoms with van der Waals surface area (Å²) >= 11 is 0. The van der Waals surface area contributed by atoms with E-state index in [9.17, 15) is 0 Å². The van der Waals surface area contributed by atoms with Crippen LogP contribution in [0, 0.1) is 0 Å². The molecule has 0 fully saturated rings. The molecule has 0 bridgehead atoms. The van der Waals surface area contributed by atoms with Crippen molar-refractivity contribution < 1.29 is 9.05 Å². The highest BCUT2D eigenvalue weighted by atomic mass is 31.1. The Hall–Kier alpha value is -3.71. The van der Waals surface area contributed by atoms with Crippen LogP contribution >= 0.6 is 16.3 Å². The molecule has 0 aliphatic heterocycles. The highest BCUT2D eigenvalue weighted by molar-refractivity contribution is 7.69. The van der Waals surface area contributed by atoms with Crippen LogP contribution < -0.4 is 35.2 Å². The van der Waals surface area contributed by atoms with Gasteiger partial charge in [-0.2, -0.15) is 4.98 Å². The van der Waals surface area contributed by atoms with E-state index in [2.05, 4.69) is 48.5 Å². The molecule has 1 aromatic heterocycles. The summed E-state index contributed by atoms with van der Waals surface area (Å²) in [6.45, 7) is 0. The Morgan fingerprint density at radius 3 is 1.05 bits per heavy atom. The van der Waals surface area contributed by atoms with Crippen LogP contribution in [0.4, 0.5) is 5.69 Å². The van der Waals surface area contributed by atoms with Crippen molar-refractivity contribution in [2.24, 2.45) is 0 Å². The molecule has 1 heterocycles. The fourth-order valence-corrected chi connectivity index (χ4v) is 7.12. The molecule has 6 heteroatoms.